The van der Waals surface area contributed by atoms with Gasteiger partial charge in [-0.2, -0.15) is 14.6 Å². The topological polar surface area (TPSA) is 75.4 Å². The number of rotatable bonds is 3. The summed E-state index contributed by atoms with van der Waals surface area (Å²) in [5.74, 6) is 1.97. The van der Waals surface area contributed by atoms with E-state index in [1.165, 1.54) is 5.56 Å². The summed E-state index contributed by atoms with van der Waals surface area (Å²) >= 11 is 0. The molecular weight excluding hydrogens is 340 g/mol. The van der Waals surface area contributed by atoms with Gasteiger partial charge in [-0.3, -0.25) is 4.79 Å². The number of piperidine rings is 1. The maximum absolute atomic E-state index is 12.6. The Hall–Kier alpha value is -2.96. The van der Waals surface area contributed by atoms with Gasteiger partial charge >= 0.3 is 0 Å². The van der Waals surface area contributed by atoms with Gasteiger partial charge in [0.2, 0.25) is 5.91 Å². The van der Waals surface area contributed by atoms with E-state index in [1.807, 2.05) is 34.8 Å². The Morgan fingerprint density at radius 2 is 1.93 bits per heavy atom. The van der Waals surface area contributed by atoms with Crippen LogP contribution in [-0.2, 0) is 17.6 Å². The highest BCUT2D eigenvalue weighted by Crippen LogP contribution is 2.33. The Labute approximate surface area is 157 Å². The minimum Gasteiger partial charge on any atom is -0.356 e. The Morgan fingerprint density at radius 3 is 2.74 bits per heavy atom. The predicted molar refractivity (Wildman–Crippen MR) is 103 cm³/mol. The van der Waals surface area contributed by atoms with E-state index in [0.29, 0.717) is 5.78 Å². The molecule has 3 heterocycles. The molecule has 0 unspecified atom stereocenters. The van der Waals surface area contributed by atoms with Crippen molar-refractivity contribution in [1.29, 1.82) is 0 Å². The van der Waals surface area contributed by atoms with E-state index < -0.39 is 0 Å². The SMILES string of the molecule is O=C(Nc1ccccc1)C1CCN(c2c3c(nc4ncnn24)CCC3)CC1. The van der Waals surface area contributed by atoms with Crippen molar-refractivity contribution in [2.75, 3.05) is 23.3 Å². The third-order valence-corrected chi connectivity index (χ3v) is 5.63. The quantitative estimate of drug-likeness (QED) is 0.775. The van der Waals surface area contributed by atoms with Gasteiger partial charge in [0.25, 0.3) is 5.78 Å². The summed E-state index contributed by atoms with van der Waals surface area (Å²) < 4.78 is 1.87. The smallest absolute Gasteiger partial charge is 0.254 e. The molecule has 1 aromatic carbocycles. The first-order valence-corrected chi connectivity index (χ1v) is 9.62. The molecule has 138 valence electrons. The Bertz CT molecular complexity index is 975. The van der Waals surface area contributed by atoms with Crippen LogP contribution < -0.4 is 10.2 Å². The van der Waals surface area contributed by atoms with Crippen LogP contribution in [0.5, 0.6) is 0 Å². The van der Waals surface area contributed by atoms with Crippen LogP contribution in [0.4, 0.5) is 11.5 Å². The molecule has 7 heteroatoms. The average Bonchev–Trinajstić information content (AvgIpc) is 3.36. The zero-order valence-corrected chi connectivity index (χ0v) is 15.1. The molecule has 1 N–H and O–H groups in total. The Balaban J connectivity index is 1.33. The number of nitrogens with zero attached hydrogens (tertiary/aromatic N) is 5. The summed E-state index contributed by atoms with van der Waals surface area (Å²) in [7, 11) is 0. The number of carbonyl (C=O) groups is 1. The van der Waals surface area contributed by atoms with Crippen molar-refractivity contribution in [3.8, 4) is 0 Å². The lowest BCUT2D eigenvalue weighted by atomic mass is 9.95. The van der Waals surface area contributed by atoms with Crippen LogP contribution in [0.2, 0.25) is 0 Å². The molecule has 0 atom stereocenters. The van der Waals surface area contributed by atoms with Crippen LogP contribution in [0.25, 0.3) is 5.78 Å². The maximum atomic E-state index is 12.6. The van der Waals surface area contributed by atoms with E-state index in [1.54, 1.807) is 6.33 Å². The Morgan fingerprint density at radius 1 is 1.11 bits per heavy atom. The number of fused-ring (bicyclic) bond motifs is 2. The molecule has 0 saturated carbocycles. The van der Waals surface area contributed by atoms with Gasteiger partial charge in [-0.1, -0.05) is 18.2 Å². The van der Waals surface area contributed by atoms with Gasteiger partial charge in [-0.25, -0.2) is 4.98 Å². The summed E-state index contributed by atoms with van der Waals surface area (Å²) in [6, 6.07) is 9.67. The van der Waals surface area contributed by atoms with Crippen molar-refractivity contribution in [2.45, 2.75) is 32.1 Å². The molecule has 1 amide bonds. The molecule has 3 aromatic rings. The van der Waals surface area contributed by atoms with E-state index in [4.69, 9.17) is 0 Å². The average molecular weight is 362 g/mol. The fourth-order valence-electron chi connectivity index (χ4n) is 4.25. The molecule has 1 fully saturated rings. The highest BCUT2D eigenvalue weighted by atomic mass is 16.1. The number of carbonyl (C=O) groups excluding carboxylic acids is 1. The number of benzene rings is 1. The summed E-state index contributed by atoms with van der Waals surface area (Å²) in [5, 5.41) is 7.44. The summed E-state index contributed by atoms with van der Waals surface area (Å²) in [6.07, 6.45) is 6.45. The number of para-hydroxylation sites is 1. The van der Waals surface area contributed by atoms with Gasteiger partial charge in [0.1, 0.15) is 12.1 Å². The lowest BCUT2D eigenvalue weighted by molar-refractivity contribution is -0.120. The number of hydrogen-bond donors (Lipinski definition) is 1. The molecule has 5 rings (SSSR count). The molecule has 7 nitrogen and oxygen atoms in total. The molecule has 1 saturated heterocycles. The molecule has 27 heavy (non-hydrogen) atoms. The molecule has 1 aliphatic heterocycles. The van der Waals surface area contributed by atoms with E-state index >= 15 is 0 Å². The van der Waals surface area contributed by atoms with Crippen molar-refractivity contribution in [1.82, 2.24) is 19.6 Å². The van der Waals surface area contributed by atoms with Crippen molar-refractivity contribution in [3.63, 3.8) is 0 Å². The molecule has 1 aliphatic carbocycles. The van der Waals surface area contributed by atoms with E-state index in [9.17, 15) is 4.79 Å². The lowest BCUT2D eigenvalue weighted by Gasteiger charge is -2.34. The predicted octanol–water partition coefficient (Wildman–Crippen LogP) is 2.47. The van der Waals surface area contributed by atoms with Crippen molar-refractivity contribution in [2.24, 2.45) is 5.92 Å². The fourth-order valence-corrected chi connectivity index (χ4v) is 4.25. The number of amides is 1. The van der Waals surface area contributed by atoms with E-state index in [0.717, 1.165) is 62.4 Å². The Kier molecular flexibility index (Phi) is 3.99. The molecular formula is C20H22N6O. The first kappa shape index (κ1) is 16.2. The van der Waals surface area contributed by atoms with Gasteiger partial charge in [-0.15, -0.1) is 0 Å². The first-order valence-electron chi connectivity index (χ1n) is 9.62. The second kappa shape index (κ2) is 6.64. The number of nitrogens with one attached hydrogen (secondary N) is 1. The van der Waals surface area contributed by atoms with Crippen LogP contribution >= 0.6 is 0 Å². The summed E-state index contributed by atoms with van der Waals surface area (Å²) in [5.41, 5.74) is 3.33. The number of hydrogen-bond acceptors (Lipinski definition) is 5. The second-order valence-corrected chi connectivity index (χ2v) is 7.30. The summed E-state index contributed by atoms with van der Waals surface area (Å²) in [6.45, 7) is 1.69. The van der Waals surface area contributed by atoms with Crippen LogP contribution in [0.15, 0.2) is 36.7 Å². The van der Waals surface area contributed by atoms with Crippen molar-refractivity contribution < 1.29 is 4.79 Å². The van der Waals surface area contributed by atoms with Gasteiger partial charge < -0.3 is 10.2 Å². The standard InChI is InChI=1S/C20H22N6O/c27-18(23-15-5-2-1-3-6-15)14-9-11-25(12-10-14)19-16-7-4-8-17(16)24-20-21-13-22-26(19)20/h1-3,5-6,13-14H,4,7-12H2,(H,23,27). The van der Waals surface area contributed by atoms with Crippen molar-refractivity contribution in [3.05, 3.63) is 47.9 Å². The minimum absolute atomic E-state index is 0.0441. The fraction of sp³-hybridized carbons (Fsp3) is 0.400. The van der Waals surface area contributed by atoms with Crippen LogP contribution in [0.1, 0.15) is 30.5 Å². The zero-order chi connectivity index (χ0) is 18.2. The maximum Gasteiger partial charge on any atom is 0.254 e. The monoisotopic (exact) mass is 362 g/mol. The molecule has 0 radical (unpaired) electrons. The molecule has 2 aromatic heterocycles. The van der Waals surface area contributed by atoms with E-state index in [2.05, 4.69) is 25.3 Å². The third-order valence-electron chi connectivity index (χ3n) is 5.63. The van der Waals surface area contributed by atoms with Crippen molar-refractivity contribution >= 4 is 23.2 Å². The summed E-state index contributed by atoms with van der Waals surface area (Å²) in [4.78, 5) is 23.9. The first-order chi connectivity index (χ1) is 13.3. The van der Waals surface area contributed by atoms with Gasteiger partial charge in [-0.05, 0) is 44.2 Å². The van der Waals surface area contributed by atoms with E-state index in [-0.39, 0.29) is 11.8 Å². The molecule has 0 spiro atoms. The van der Waals surface area contributed by atoms with Crippen LogP contribution in [0.3, 0.4) is 0 Å². The minimum atomic E-state index is 0.0441. The lowest BCUT2D eigenvalue weighted by Crippen LogP contribution is -2.39. The highest BCUT2D eigenvalue weighted by molar-refractivity contribution is 5.92. The highest BCUT2D eigenvalue weighted by Gasteiger charge is 2.30. The second-order valence-electron chi connectivity index (χ2n) is 7.30. The molecule has 0 bridgehead atoms. The number of anilines is 2. The van der Waals surface area contributed by atoms with Crippen LogP contribution in [-0.4, -0.2) is 38.6 Å². The van der Waals surface area contributed by atoms with Gasteiger partial charge in [0.15, 0.2) is 0 Å². The normalized spacial score (nSPS) is 17.3. The van der Waals surface area contributed by atoms with Gasteiger partial charge in [0.05, 0.1) is 5.69 Å². The van der Waals surface area contributed by atoms with Crippen LogP contribution in [0, 0.1) is 5.92 Å². The molecule has 2 aliphatic rings. The third kappa shape index (κ3) is 2.93. The van der Waals surface area contributed by atoms with Gasteiger partial charge in [0, 0.05) is 30.3 Å². The largest absolute Gasteiger partial charge is 0.356 e. The number of aryl methyl sites for hydroxylation is 1. The number of aromatic nitrogens is 4. The zero-order valence-electron chi connectivity index (χ0n) is 15.1.